The van der Waals surface area contributed by atoms with Crippen molar-refractivity contribution in [3.63, 3.8) is 0 Å². The molecule has 1 N–H and O–H groups in total. The van der Waals surface area contributed by atoms with Gasteiger partial charge >= 0.3 is 6.18 Å². The van der Waals surface area contributed by atoms with E-state index in [0.29, 0.717) is 6.42 Å². The summed E-state index contributed by atoms with van der Waals surface area (Å²) in [7, 11) is 0. The van der Waals surface area contributed by atoms with Crippen molar-refractivity contribution < 1.29 is 22.8 Å². The molecule has 0 bridgehead atoms. The molecule has 0 fully saturated rings. The van der Waals surface area contributed by atoms with Gasteiger partial charge in [0.15, 0.2) is 5.69 Å². The molecule has 5 nitrogen and oxygen atoms in total. The van der Waals surface area contributed by atoms with Crippen LogP contribution >= 0.6 is 23.2 Å². The Bertz CT molecular complexity index is 544. The van der Waals surface area contributed by atoms with Crippen LogP contribution in [0.2, 0.25) is 5.02 Å². The van der Waals surface area contributed by atoms with E-state index >= 15 is 0 Å². The molecular weight excluding hydrogens is 334 g/mol. The Kier molecular flexibility index (Phi) is 6.03. The molecule has 0 atom stereocenters. The van der Waals surface area contributed by atoms with Gasteiger partial charge in [-0.3, -0.25) is 14.3 Å². The van der Waals surface area contributed by atoms with Crippen molar-refractivity contribution in [2.75, 3.05) is 6.54 Å². The molecule has 0 aromatic carbocycles. The first-order valence-corrected chi connectivity index (χ1v) is 6.63. The van der Waals surface area contributed by atoms with E-state index in [2.05, 4.69) is 10.4 Å². The lowest BCUT2D eigenvalue weighted by molar-refractivity contribution is -0.141. The van der Waals surface area contributed by atoms with Crippen LogP contribution in [0.25, 0.3) is 0 Å². The second kappa shape index (κ2) is 7.13. The van der Waals surface area contributed by atoms with E-state index in [4.69, 9.17) is 23.2 Å². The highest BCUT2D eigenvalue weighted by Gasteiger charge is 2.38. The number of nitrogens with zero attached hydrogens (tertiary/aromatic N) is 2. The van der Waals surface area contributed by atoms with Gasteiger partial charge in [0.25, 0.3) is 0 Å². The number of aromatic nitrogens is 2. The number of amides is 1. The Morgan fingerprint density at radius 3 is 2.48 bits per heavy atom. The summed E-state index contributed by atoms with van der Waals surface area (Å²) in [5, 5.41) is 4.70. The maximum atomic E-state index is 12.6. The molecule has 1 aromatic heterocycles. The summed E-state index contributed by atoms with van der Waals surface area (Å²) in [4.78, 5) is 22.0. The van der Waals surface area contributed by atoms with Gasteiger partial charge in [0, 0.05) is 13.0 Å². The van der Waals surface area contributed by atoms with E-state index in [1.807, 2.05) is 0 Å². The number of hydrogen-bond acceptors (Lipinski definition) is 3. The molecule has 0 aliphatic heterocycles. The lowest BCUT2D eigenvalue weighted by atomic mass is 10.3. The summed E-state index contributed by atoms with van der Waals surface area (Å²) in [5.41, 5.74) is -1.17. The smallest absolute Gasteiger partial charge is 0.354 e. The predicted octanol–water partition coefficient (Wildman–Crippen LogP) is 2.53. The molecule has 118 valence electrons. The molecule has 0 spiro atoms. The fourth-order valence-corrected chi connectivity index (χ4v) is 1.88. The maximum absolute atomic E-state index is 12.6. The minimum absolute atomic E-state index is 0.0510. The monoisotopic (exact) mass is 345 g/mol. The van der Waals surface area contributed by atoms with Crippen LogP contribution in [0.3, 0.4) is 0 Å². The fraction of sp³-hybridized carbons (Fsp3) is 0.545. The number of alkyl halides is 3. The van der Waals surface area contributed by atoms with Crippen LogP contribution < -0.4 is 5.32 Å². The van der Waals surface area contributed by atoms with E-state index in [1.54, 1.807) is 0 Å². The SMILES string of the molecule is Cc1c(Cl)c(C(F)(F)F)nn1CC(=O)NCCCC(=O)Cl. The van der Waals surface area contributed by atoms with Crippen LogP contribution in [0, 0.1) is 6.92 Å². The fourth-order valence-electron chi connectivity index (χ4n) is 1.51. The highest BCUT2D eigenvalue weighted by Crippen LogP contribution is 2.35. The first kappa shape index (κ1) is 17.8. The number of carbonyl (C=O) groups excluding carboxylic acids is 2. The van der Waals surface area contributed by atoms with Gasteiger partial charge in [0.2, 0.25) is 11.1 Å². The third-order valence-electron chi connectivity index (χ3n) is 2.57. The summed E-state index contributed by atoms with van der Waals surface area (Å²) < 4.78 is 38.7. The van der Waals surface area contributed by atoms with Gasteiger partial charge < -0.3 is 5.32 Å². The Balaban J connectivity index is 2.63. The first-order chi connectivity index (χ1) is 9.62. The topological polar surface area (TPSA) is 64.0 Å². The Morgan fingerprint density at radius 2 is 2.00 bits per heavy atom. The number of halogens is 5. The van der Waals surface area contributed by atoms with Crippen LogP contribution in [-0.2, 0) is 22.3 Å². The quantitative estimate of drug-likeness (QED) is 0.636. The van der Waals surface area contributed by atoms with Crippen molar-refractivity contribution in [2.45, 2.75) is 32.5 Å². The van der Waals surface area contributed by atoms with Crippen molar-refractivity contribution in [3.05, 3.63) is 16.4 Å². The number of rotatable bonds is 6. The third kappa shape index (κ3) is 5.20. The highest BCUT2D eigenvalue weighted by atomic mass is 35.5. The van der Waals surface area contributed by atoms with Crippen molar-refractivity contribution in [1.29, 1.82) is 0 Å². The molecule has 0 aliphatic carbocycles. The molecular formula is C11H12Cl2F3N3O2. The van der Waals surface area contributed by atoms with E-state index in [-0.39, 0.29) is 18.7 Å². The lowest BCUT2D eigenvalue weighted by Gasteiger charge is -2.06. The highest BCUT2D eigenvalue weighted by molar-refractivity contribution is 6.63. The van der Waals surface area contributed by atoms with Crippen molar-refractivity contribution in [2.24, 2.45) is 0 Å². The zero-order valence-corrected chi connectivity index (χ0v) is 12.4. The molecule has 0 aliphatic rings. The minimum atomic E-state index is -4.68. The summed E-state index contributed by atoms with van der Waals surface area (Å²) in [6.45, 7) is 1.14. The standard InChI is InChI=1S/C11H12Cl2F3N3O2/c1-6-9(13)10(11(14,15)16)18-19(6)5-8(21)17-4-2-3-7(12)20/h2-5H2,1H3,(H,17,21). The largest absolute Gasteiger partial charge is 0.436 e. The van der Waals surface area contributed by atoms with Crippen LogP contribution in [-0.4, -0.2) is 27.5 Å². The Morgan fingerprint density at radius 1 is 1.38 bits per heavy atom. The van der Waals surface area contributed by atoms with Gasteiger partial charge in [-0.15, -0.1) is 0 Å². The van der Waals surface area contributed by atoms with E-state index < -0.39 is 34.6 Å². The predicted molar refractivity (Wildman–Crippen MR) is 70.1 cm³/mol. The average Bonchev–Trinajstić information content (AvgIpc) is 2.62. The number of nitrogens with one attached hydrogen (secondary N) is 1. The van der Waals surface area contributed by atoms with Gasteiger partial charge in [-0.25, -0.2) is 0 Å². The Hall–Kier alpha value is -1.28. The van der Waals surface area contributed by atoms with Crippen LogP contribution in [0.5, 0.6) is 0 Å². The molecule has 1 rings (SSSR count). The van der Waals surface area contributed by atoms with E-state index in [0.717, 1.165) is 4.68 Å². The summed E-state index contributed by atoms with van der Waals surface area (Å²) in [5.74, 6) is -0.534. The molecule has 1 aromatic rings. The molecule has 10 heteroatoms. The third-order valence-corrected chi connectivity index (χ3v) is 3.21. The molecule has 0 radical (unpaired) electrons. The van der Waals surface area contributed by atoms with Crippen LogP contribution in [0.1, 0.15) is 24.2 Å². The summed E-state index contributed by atoms with van der Waals surface area (Å²) >= 11 is 10.7. The number of carbonyl (C=O) groups is 2. The maximum Gasteiger partial charge on any atom is 0.436 e. The van der Waals surface area contributed by atoms with Crippen molar-refractivity contribution in [3.8, 4) is 0 Å². The van der Waals surface area contributed by atoms with Crippen molar-refractivity contribution in [1.82, 2.24) is 15.1 Å². The van der Waals surface area contributed by atoms with Crippen LogP contribution in [0.4, 0.5) is 13.2 Å². The van der Waals surface area contributed by atoms with Crippen LogP contribution in [0.15, 0.2) is 0 Å². The minimum Gasteiger partial charge on any atom is -0.354 e. The summed E-state index contributed by atoms with van der Waals surface area (Å²) in [6.07, 6.45) is -4.22. The Labute approximate surface area is 128 Å². The van der Waals surface area contributed by atoms with E-state index in [9.17, 15) is 22.8 Å². The van der Waals surface area contributed by atoms with Gasteiger partial charge in [0.05, 0.1) is 10.7 Å². The molecule has 1 amide bonds. The van der Waals surface area contributed by atoms with Crippen molar-refractivity contribution >= 4 is 34.4 Å². The second-order valence-corrected chi connectivity index (χ2v) is 5.01. The van der Waals surface area contributed by atoms with Gasteiger partial charge in [-0.1, -0.05) is 11.6 Å². The second-order valence-electron chi connectivity index (χ2n) is 4.21. The molecule has 0 saturated carbocycles. The molecule has 1 heterocycles. The zero-order valence-electron chi connectivity index (χ0n) is 10.9. The molecule has 0 unspecified atom stereocenters. The zero-order chi connectivity index (χ0) is 16.2. The van der Waals surface area contributed by atoms with Gasteiger partial charge in [-0.05, 0) is 24.9 Å². The normalized spacial score (nSPS) is 11.5. The average molecular weight is 346 g/mol. The van der Waals surface area contributed by atoms with Gasteiger partial charge in [0.1, 0.15) is 6.54 Å². The van der Waals surface area contributed by atoms with E-state index in [1.165, 1.54) is 6.92 Å². The molecule has 0 saturated heterocycles. The lowest BCUT2D eigenvalue weighted by Crippen LogP contribution is -2.29. The molecule has 21 heavy (non-hydrogen) atoms. The first-order valence-electron chi connectivity index (χ1n) is 5.88. The summed E-state index contributed by atoms with van der Waals surface area (Å²) in [6, 6.07) is 0. The number of hydrogen-bond donors (Lipinski definition) is 1. The van der Waals surface area contributed by atoms with Gasteiger partial charge in [-0.2, -0.15) is 18.3 Å².